The maximum absolute atomic E-state index is 13.1. The molecule has 2 aliphatic heterocycles. The van der Waals surface area contributed by atoms with Gasteiger partial charge in [0.15, 0.2) is 0 Å². The second-order valence-corrected chi connectivity index (χ2v) is 8.98. The van der Waals surface area contributed by atoms with Gasteiger partial charge in [-0.05, 0) is 43.1 Å². The van der Waals surface area contributed by atoms with Crippen molar-refractivity contribution < 1.29 is 13.3 Å². The summed E-state index contributed by atoms with van der Waals surface area (Å²) in [5, 5.41) is 0. The molecular formula is C19H33F2N2+. The van der Waals surface area contributed by atoms with E-state index in [9.17, 15) is 8.78 Å². The molecule has 2 saturated heterocycles. The number of quaternary nitrogens is 1. The van der Waals surface area contributed by atoms with Crippen LogP contribution in [0.15, 0.2) is 12.2 Å². The number of nitrogens with zero attached hydrogens (tertiary/aromatic N) is 2. The third-order valence-corrected chi connectivity index (χ3v) is 7.01. The summed E-state index contributed by atoms with van der Waals surface area (Å²) in [6.07, 6.45) is 8.24. The van der Waals surface area contributed by atoms with Crippen molar-refractivity contribution in [3.8, 4) is 0 Å². The van der Waals surface area contributed by atoms with Crippen molar-refractivity contribution in [2.45, 2.75) is 69.9 Å². The minimum atomic E-state index is -2.43. The summed E-state index contributed by atoms with van der Waals surface area (Å²) < 4.78 is 27.3. The Hall–Kier alpha value is -0.480. The van der Waals surface area contributed by atoms with E-state index >= 15 is 0 Å². The molecule has 0 radical (unpaired) electrons. The summed E-state index contributed by atoms with van der Waals surface area (Å²) in [7, 11) is 4.68. The molecule has 1 unspecified atom stereocenters. The monoisotopic (exact) mass is 327 g/mol. The molecule has 23 heavy (non-hydrogen) atoms. The van der Waals surface area contributed by atoms with Gasteiger partial charge in [-0.2, -0.15) is 0 Å². The van der Waals surface area contributed by atoms with E-state index in [1.54, 1.807) is 0 Å². The Balaban J connectivity index is 1.60. The number of hydrogen-bond donors (Lipinski definition) is 0. The van der Waals surface area contributed by atoms with Crippen LogP contribution in [0.5, 0.6) is 0 Å². The highest BCUT2D eigenvalue weighted by molar-refractivity contribution is 5.07. The molecular weight excluding hydrogens is 294 g/mol. The van der Waals surface area contributed by atoms with Gasteiger partial charge >= 0.3 is 0 Å². The molecule has 1 saturated carbocycles. The molecule has 0 amide bonds. The van der Waals surface area contributed by atoms with Gasteiger partial charge in [0.05, 0.1) is 33.7 Å². The van der Waals surface area contributed by atoms with E-state index in [1.165, 1.54) is 37.8 Å². The van der Waals surface area contributed by atoms with Crippen LogP contribution in [-0.4, -0.2) is 61.1 Å². The fourth-order valence-corrected chi connectivity index (χ4v) is 5.16. The van der Waals surface area contributed by atoms with Gasteiger partial charge in [-0.15, -0.1) is 0 Å². The SMILES string of the molecule is C=C(CC)C1CC2(CCC(N3CC(F)(F)C3)CC2)CC[N+]1(C)C. The van der Waals surface area contributed by atoms with Crippen molar-refractivity contribution in [2.24, 2.45) is 5.41 Å². The molecule has 4 heteroatoms. The Morgan fingerprint density at radius 1 is 1.17 bits per heavy atom. The van der Waals surface area contributed by atoms with Gasteiger partial charge < -0.3 is 4.48 Å². The first-order valence-corrected chi connectivity index (χ1v) is 9.29. The first-order valence-electron chi connectivity index (χ1n) is 9.29. The molecule has 1 spiro atoms. The van der Waals surface area contributed by atoms with E-state index < -0.39 is 5.92 Å². The van der Waals surface area contributed by atoms with E-state index in [0.29, 0.717) is 17.5 Å². The molecule has 3 rings (SSSR count). The normalized spacial score (nSPS) is 39.9. The number of hydrogen-bond acceptors (Lipinski definition) is 1. The first-order chi connectivity index (χ1) is 10.7. The summed E-state index contributed by atoms with van der Waals surface area (Å²) in [6, 6.07) is 0.969. The zero-order valence-corrected chi connectivity index (χ0v) is 15.1. The summed E-state index contributed by atoms with van der Waals surface area (Å²) in [5.41, 5.74) is 1.83. The van der Waals surface area contributed by atoms with Crippen molar-refractivity contribution >= 4 is 0 Å². The van der Waals surface area contributed by atoms with E-state index in [0.717, 1.165) is 23.7 Å². The zero-order chi connectivity index (χ0) is 16.9. The number of likely N-dealkylation sites (tertiary alicyclic amines) is 2. The third kappa shape index (κ3) is 3.34. The predicted molar refractivity (Wildman–Crippen MR) is 90.6 cm³/mol. The summed E-state index contributed by atoms with van der Waals surface area (Å²) in [6.45, 7) is 7.76. The third-order valence-electron chi connectivity index (χ3n) is 7.01. The highest BCUT2D eigenvalue weighted by Gasteiger charge is 2.51. The van der Waals surface area contributed by atoms with Crippen molar-refractivity contribution in [3.05, 3.63) is 12.2 Å². The molecule has 0 aromatic carbocycles. The van der Waals surface area contributed by atoms with Crippen LogP contribution in [0.25, 0.3) is 0 Å². The Labute approximate surface area is 140 Å². The maximum Gasteiger partial charge on any atom is 0.272 e. The fraction of sp³-hybridized carbons (Fsp3) is 0.895. The molecule has 0 aromatic heterocycles. The molecule has 0 bridgehead atoms. The highest BCUT2D eigenvalue weighted by atomic mass is 19.3. The Bertz CT molecular complexity index is 456. The van der Waals surface area contributed by atoms with Crippen molar-refractivity contribution in [3.63, 3.8) is 0 Å². The van der Waals surface area contributed by atoms with Crippen LogP contribution in [-0.2, 0) is 0 Å². The van der Waals surface area contributed by atoms with Crippen LogP contribution < -0.4 is 0 Å². The summed E-state index contributed by atoms with van der Waals surface area (Å²) in [4.78, 5) is 2.01. The molecule has 3 fully saturated rings. The number of likely N-dealkylation sites (N-methyl/N-ethyl adjacent to an activating group) is 1. The fourth-order valence-electron chi connectivity index (χ4n) is 5.16. The molecule has 2 nitrogen and oxygen atoms in total. The van der Waals surface area contributed by atoms with Crippen molar-refractivity contribution in [1.82, 2.24) is 4.90 Å². The largest absolute Gasteiger partial charge is 0.323 e. The average molecular weight is 327 g/mol. The van der Waals surface area contributed by atoms with Gasteiger partial charge in [0.1, 0.15) is 6.04 Å². The lowest BCUT2D eigenvalue weighted by Crippen LogP contribution is -2.62. The Morgan fingerprint density at radius 3 is 2.30 bits per heavy atom. The van der Waals surface area contributed by atoms with Crippen LogP contribution in [0.3, 0.4) is 0 Å². The quantitative estimate of drug-likeness (QED) is 0.558. The molecule has 3 aliphatic rings. The minimum absolute atomic E-state index is 0.0101. The minimum Gasteiger partial charge on any atom is -0.323 e. The van der Waals surface area contributed by atoms with E-state index in [2.05, 4.69) is 27.6 Å². The van der Waals surface area contributed by atoms with Crippen LogP contribution >= 0.6 is 0 Å². The lowest BCUT2D eigenvalue weighted by molar-refractivity contribution is -0.917. The smallest absolute Gasteiger partial charge is 0.272 e. The highest BCUT2D eigenvalue weighted by Crippen LogP contribution is 2.50. The average Bonchev–Trinajstić information content (AvgIpc) is 2.48. The number of alkyl halides is 2. The van der Waals surface area contributed by atoms with Gasteiger partial charge in [0.25, 0.3) is 5.92 Å². The predicted octanol–water partition coefficient (Wildman–Crippen LogP) is 4.07. The van der Waals surface area contributed by atoms with E-state index in [-0.39, 0.29) is 13.1 Å². The maximum atomic E-state index is 13.1. The van der Waals surface area contributed by atoms with Gasteiger partial charge in [-0.3, -0.25) is 4.90 Å². The van der Waals surface area contributed by atoms with Gasteiger partial charge in [0, 0.05) is 18.9 Å². The van der Waals surface area contributed by atoms with Crippen LogP contribution in [0, 0.1) is 5.41 Å². The van der Waals surface area contributed by atoms with Gasteiger partial charge in [-0.1, -0.05) is 13.5 Å². The summed E-state index contributed by atoms with van der Waals surface area (Å²) in [5.74, 6) is -2.43. The Morgan fingerprint density at radius 2 is 1.78 bits per heavy atom. The molecule has 2 heterocycles. The summed E-state index contributed by atoms with van der Waals surface area (Å²) >= 11 is 0. The molecule has 132 valence electrons. The lowest BCUT2D eigenvalue weighted by Gasteiger charge is -2.54. The lowest BCUT2D eigenvalue weighted by atomic mass is 9.63. The molecule has 0 aromatic rings. The second kappa shape index (κ2) is 5.80. The molecule has 1 aliphatic carbocycles. The Kier molecular flexibility index (Phi) is 4.38. The number of rotatable bonds is 3. The number of piperidine rings is 1. The second-order valence-electron chi connectivity index (χ2n) is 8.98. The zero-order valence-electron chi connectivity index (χ0n) is 15.1. The van der Waals surface area contributed by atoms with E-state index in [1.807, 2.05) is 4.90 Å². The van der Waals surface area contributed by atoms with Gasteiger partial charge in [0.2, 0.25) is 0 Å². The van der Waals surface area contributed by atoms with Crippen LogP contribution in [0.1, 0.15) is 51.9 Å². The topological polar surface area (TPSA) is 3.24 Å². The number of halogens is 2. The van der Waals surface area contributed by atoms with Crippen LogP contribution in [0.4, 0.5) is 8.78 Å². The van der Waals surface area contributed by atoms with Gasteiger partial charge in [-0.25, -0.2) is 8.78 Å². The van der Waals surface area contributed by atoms with E-state index in [4.69, 9.17) is 0 Å². The standard InChI is InChI=1S/C19H33F2N2/c1-5-15(2)17-12-18(10-11-23(17,3)4)8-6-16(7-9-18)22-13-19(20,21)14-22/h16-17H,2,5-14H2,1,3-4H3/q+1. The first kappa shape index (κ1) is 17.3. The van der Waals surface area contributed by atoms with Crippen LogP contribution in [0.2, 0.25) is 0 Å². The molecule has 1 atom stereocenters. The van der Waals surface area contributed by atoms with Crippen molar-refractivity contribution in [1.29, 1.82) is 0 Å². The van der Waals surface area contributed by atoms with Crippen molar-refractivity contribution in [2.75, 3.05) is 33.7 Å². The molecule has 0 N–H and O–H groups in total.